The number of anilines is 2. The maximum absolute atomic E-state index is 5.46. The zero-order chi connectivity index (χ0) is 35.3. The van der Waals surface area contributed by atoms with E-state index in [9.17, 15) is 0 Å². The summed E-state index contributed by atoms with van der Waals surface area (Å²) in [5.74, 6) is 1.07. The lowest BCUT2D eigenvalue weighted by Crippen LogP contribution is -2.49. The minimum absolute atomic E-state index is 0.110. The molecule has 4 heterocycles. The molecule has 0 saturated heterocycles. The average Bonchev–Trinajstić information content (AvgIpc) is 3.75. The molecular weight excluding hydrogens is 663 g/mol. The molecule has 2 aliphatic heterocycles. The number of aromatic nitrogens is 2. The van der Waals surface area contributed by atoms with Crippen LogP contribution in [0.5, 0.6) is 0 Å². The first-order chi connectivity index (χ1) is 26.0. The smallest absolute Gasteiger partial charge is 0.160 e. The lowest BCUT2D eigenvalue weighted by molar-refractivity contribution is 0.341. The molecule has 11 rings (SSSR count). The first kappa shape index (κ1) is 30.5. The number of para-hydroxylation sites is 1. The summed E-state index contributed by atoms with van der Waals surface area (Å²) >= 11 is 1.93. The summed E-state index contributed by atoms with van der Waals surface area (Å²) < 4.78 is 1.34. The molecule has 3 nitrogen and oxygen atoms in total. The van der Waals surface area contributed by atoms with Gasteiger partial charge in [-0.2, -0.15) is 0 Å². The predicted molar refractivity (Wildman–Crippen MR) is 223 cm³/mol. The molecule has 4 heteroatoms. The Hall–Kier alpha value is -6.10. The maximum atomic E-state index is 5.46. The molecule has 0 radical (unpaired) electrons. The van der Waals surface area contributed by atoms with E-state index < -0.39 is 0 Å². The number of thiophene rings is 1. The zero-order valence-electron chi connectivity index (χ0n) is 29.5. The van der Waals surface area contributed by atoms with E-state index in [-0.39, 0.29) is 5.41 Å². The Balaban J connectivity index is 1.11. The Morgan fingerprint density at radius 1 is 0.604 bits per heavy atom. The topological polar surface area (TPSA) is 29.0 Å². The summed E-state index contributed by atoms with van der Waals surface area (Å²) in [6, 6.07) is 52.7. The minimum Gasteiger partial charge on any atom is -0.331 e. The Morgan fingerprint density at radius 3 is 2.02 bits per heavy atom. The number of benzene rings is 6. The number of allylic oxidation sites excluding steroid dienone is 2. The van der Waals surface area contributed by atoms with E-state index in [1.54, 1.807) is 0 Å². The van der Waals surface area contributed by atoms with Crippen LogP contribution in [-0.2, 0) is 5.41 Å². The molecule has 2 aromatic heterocycles. The third kappa shape index (κ3) is 4.58. The number of hydrogen-bond donors (Lipinski definition) is 0. The molecular formula is C49H35N3S. The van der Waals surface area contributed by atoms with Gasteiger partial charge in [-0.05, 0) is 81.9 Å². The highest BCUT2D eigenvalue weighted by molar-refractivity contribution is 7.21. The van der Waals surface area contributed by atoms with Gasteiger partial charge in [0, 0.05) is 43.6 Å². The lowest BCUT2D eigenvalue weighted by Gasteiger charge is -2.49. The summed E-state index contributed by atoms with van der Waals surface area (Å²) in [6.45, 7) is 4.84. The third-order valence-corrected chi connectivity index (χ3v) is 12.9. The highest BCUT2D eigenvalue weighted by Gasteiger charge is 2.52. The van der Waals surface area contributed by atoms with Crippen molar-refractivity contribution in [1.29, 1.82) is 0 Å². The summed E-state index contributed by atoms with van der Waals surface area (Å²) in [6.07, 6.45) is 7.08. The van der Waals surface area contributed by atoms with Crippen LogP contribution in [0.1, 0.15) is 24.3 Å². The van der Waals surface area contributed by atoms with Crippen LogP contribution in [0.2, 0.25) is 0 Å². The first-order valence-electron chi connectivity index (χ1n) is 18.4. The van der Waals surface area contributed by atoms with Crippen LogP contribution < -0.4 is 4.90 Å². The second-order valence-electron chi connectivity index (χ2n) is 15.0. The third-order valence-electron chi connectivity index (χ3n) is 11.7. The van der Waals surface area contributed by atoms with E-state index in [0.717, 1.165) is 44.7 Å². The van der Waals surface area contributed by atoms with Gasteiger partial charge in [0.05, 0.1) is 27.8 Å². The second-order valence-corrected chi connectivity index (χ2v) is 16.1. The molecule has 6 aromatic carbocycles. The van der Waals surface area contributed by atoms with Gasteiger partial charge in [-0.25, -0.2) is 9.97 Å². The fraction of sp³-hybridized carbons (Fsp3) is 0.102. The highest BCUT2D eigenvalue weighted by atomic mass is 32.1. The standard InChI is InChI=1S/C49H35N3S/c1-49(2)39-21-13-20-38-45(39)52(46-37-19-10-12-23-43(37)53-47(38)46)42-25-24-32(29-40(42)49)48-50-41-22-11-9-18-36(41)44(51-48)35-27-33(30-14-5-3-6-15-30)26-34(28-35)31-16-7-4-8-17-31/h3-29,39,45H,1-2H3. The van der Waals surface area contributed by atoms with E-state index >= 15 is 0 Å². The molecule has 0 spiro atoms. The summed E-state index contributed by atoms with van der Waals surface area (Å²) in [5.41, 5.74) is 14.0. The van der Waals surface area contributed by atoms with E-state index in [1.807, 2.05) is 11.3 Å². The highest BCUT2D eigenvalue weighted by Crippen LogP contribution is 2.62. The van der Waals surface area contributed by atoms with Gasteiger partial charge in [0.2, 0.25) is 0 Å². The Bertz CT molecular complexity index is 2770. The molecule has 2 unspecified atom stereocenters. The van der Waals surface area contributed by atoms with Crippen molar-refractivity contribution in [3.8, 4) is 44.9 Å². The van der Waals surface area contributed by atoms with Crippen molar-refractivity contribution in [2.75, 3.05) is 4.90 Å². The largest absolute Gasteiger partial charge is 0.331 e. The van der Waals surface area contributed by atoms with Gasteiger partial charge < -0.3 is 4.90 Å². The van der Waals surface area contributed by atoms with Gasteiger partial charge in [-0.15, -0.1) is 11.3 Å². The van der Waals surface area contributed by atoms with Crippen LogP contribution in [-0.4, -0.2) is 16.0 Å². The molecule has 2 atom stereocenters. The van der Waals surface area contributed by atoms with E-state index in [4.69, 9.17) is 9.97 Å². The normalized spacial score (nSPS) is 17.8. The van der Waals surface area contributed by atoms with Gasteiger partial charge in [0.1, 0.15) is 0 Å². The summed E-state index contributed by atoms with van der Waals surface area (Å²) in [7, 11) is 0. The van der Waals surface area contributed by atoms with Crippen LogP contribution in [0.25, 0.3) is 71.5 Å². The first-order valence-corrected chi connectivity index (χ1v) is 19.2. The van der Waals surface area contributed by atoms with Crippen molar-refractivity contribution < 1.29 is 0 Å². The predicted octanol–water partition coefficient (Wildman–Crippen LogP) is 12.9. The quantitative estimate of drug-likeness (QED) is 0.183. The molecule has 0 fully saturated rings. The van der Waals surface area contributed by atoms with E-state index in [0.29, 0.717) is 12.0 Å². The number of fused-ring (bicyclic) bond motifs is 8. The summed E-state index contributed by atoms with van der Waals surface area (Å²) in [4.78, 5) is 14.8. The van der Waals surface area contributed by atoms with E-state index in [1.165, 1.54) is 48.6 Å². The fourth-order valence-electron chi connectivity index (χ4n) is 9.06. The molecule has 0 amide bonds. The van der Waals surface area contributed by atoms with Crippen molar-refractivity contribution in [3.05, 3.63) is 174 Å². The van der Waals surface area contributed by atoms with Crippen LogP contribution in [0, 0.1) is 5.92 Å². The molecule has 53 heavy (non-hydrogen) atoms. The summed E-state index contributed by atoms with van der Waals surface area (Å²) in [5, 5.41) is 2.38. The van der Waals surface area contributed by atoms with Gasteiger partial charge in [0.15, 0.2) is 5.82 Å². The maximum Gasteiger partial charge on any atom is 0.160 e. The molecule has 0 saturated carbocycles. The molecule has 1 aliphatic carbocycles. The van der Waals surface area contributed by atoms with Gasteiger partial charge in [0.25, 0.3) is 0 Å². The van der Waals surface area contributed by atoms with E-state index in [2.05, 4.69) is 183 Å². The lowest BCUT2D eigenvalue weighted by atomic mass is 9.64. The van der Waals surface area contributed by atoms with Crippen molar-refractivity contribution in [2.24, 2.45) is 5.92 Å². The van der Waals surface area contributed by atoms with Crippen LogP contribution in [0.3, 0.4) is 0 Å². The van der Waals surface area contributed by atoms with Gasteiger partial charge in [-0.3, -0.25) is 0 Å². The van der Waals surface area contributed by atoms with Crippen molar-refractivity contribution >= 4 is 49.3 Å². The average molecular weight is 698 g/mol. The number of hydrogen-bond acceptors (Lipinski definition) is 4. The van der Waals surface area contributed by atoms with Gasteiger partial charge in [-0.1, -0.05) is 129 Å². The van der Waals surface area contributed by atoms with Crippen LogP contribution in [0.4, 0.5) is 11.4 Å². The van der Waals surface area contributed by atoms with Crippen LogP contribution in [0.15, 0.2) is 164 Å². The van der Waals surface area contributed by atoms with Crippen molar-refractivity contribution in [2.45, 2.75) is 25.3 Å². The monoisotopic (exact) mass is 697 g/mol. The molecule has 8 aromatic rings. The minimum atomic E-state index is -0.110. The molecule has 3 aliphatic rings. The van der Waals surface area contributed by atoms with Crippen molar-refractivity contribution in [1.82, 2.24) is 9.97 Å². The molecule has 0 bridgehead atoms. The Morgan fingerprint density at radius 2 is 1.26 bits per heavy atom. The number of rotatable bonds is 4. The van der Waals surface area contributed by atoms with Crippen LogP contribution >= 0.6 is 11.3 Å². The van der Waals surface area contributed by atoms with Crippen molar-refractivity contribution in [3.63, 3.8) is 0 Å². The Kier molecular flexibility index (Phi) is 6.59. The number of nitrogens with zero attached hydrogens (tertiary/aromatic N) is 3. The second kappa shape index (κ2) is 11.4. The SMILES string of the molecule is CC1(C)c2cc(-c3nc(-c4cc(-c5ccccc5)cc(-c5ccccc5)c4)c4ccccc4n3)ccc2N2c3c(sc4ccccc34)C3=CC=CC1C32. The molecule has 0 N–H and O–H groups in total. The van der Waals surface area contributed by atoms with Gasteiger partial charge >= 0.3 is 0 Å². The molecule has 252 valence electrons. The fourth-order valence-corrected chi connectivity index (χ4v) is 10.3. The zero-order valence-corrected chi connectivity index (χ0v) is 30.3. The Labute approximate surface area is 313 Å².